The molecule has 28 heavy (non-hydrogen) atoms. The van der Waals surface area contributed by atoms with Crippen LogP contribution in [0.15, 0.2) is 58.5 Å². The number of nitrogens with zero attached hydrogens (tertiary/aromatic N) is 3. The Morgan fingerprint density at radius 2 is 1.82 bits per heavy atom. The lowest BCUT2D eigenvalue weighted by Crippen LogP contribution is -2.40. The minimum atomic E-state index is -3.77. The first-order valence-electron chi connectivity index (χ1n) is 8.79. The molecular weight excluding hydrogens is 405 g/mol. The molecule has 4 rings (SSSR count). The monoisotopic (exact) mass is 421 g/mol. The minimum Gasteiger partial charge on any atom is -0.296 e. The van der Waals surface area contributed by atoms with Crippen LogP contribution < -0.4 is 5.56 Å². The van der Waals surface area contributed by atoms with Gasteiger partial charge in [0.25, 0.3) is 5.56 Å². The quantitative estimate of drug-likeness (QED) is 0.651. The summed E-state index contributed by atoms with van der Waals surface area (Å²) in [5, 5.41) is 0.850. The van der Waals surface area contributed by atoms with Gasteiger partial charge in [-0.05, 0) is 43.2 Å². The van der Waals surface area contributed by atoms with Crippen molar-refractivity contribution in [3.05, 3.63) is 70.0 Å². The van der Waals surface area contributed by atoms with Gasteiger partial charge in [-0.2, -0.15) is 4.31 Å². The lowest BCUT2D eigenvalue weighted by atomic mass is 10.1. The molecule has 2 aromatic carbocycles. The summed E-state index contributed by atoms with van der Waals surface area (Å²) in [6.07, 6.45) is 2.39. The van der Waals surface area contributed by atoms with Crippen molar-refractivity contribution in [3.63, 3.8) is 0 Å². The van der Waals surface area contributed by atoms with E-state index in [0.29, 0.717) is 28.8 Å². The van der Waals surface area contributed by atoms with Crippen LogP contribution in [-0.4, -0.2) is 35.4 Å². The first-order valence-corrected chi connectivity index (χ1v) is 10.6. The van der Waals surface area contributed by atoms with Crippen molar-refractivity contribution in [1.82, 2.24) is 13.9 Å². The molecule has 6 nitrogen and oxygen atoms in total. The molecule has 0 unspecified atom stereocenters. The van der Waals surface area contributed by atoms with Crippen LogP contribution in [0, 0.1) is 5.82 Å². The molecule has 0 saturated carbocycles. The van der Waals surface area contributed by atoms with E-state index in [1.54, 1.807) is 22.8 Å². The van der Waals surface area contributed by atoms with Gasteiger partial charge in [0.1, 0.15) is 5.82 Å². The molecule has 0 N–H and O–H groups in total. The van der Waals surface area contributed by atoms with Gasteiger partial charge >= 0.3 is 0 Å². The molecule has 0 bridgehead atoms. The predicted octanol–water partition coefficient (Wildman–Crippen LogP) is 3.21. The van der Waals surface area contributed by atoms with Crippen LogP contribution in [0.1, 0.15) is 18.9 Å². The lowest BCUT2D eigenvalue weighted by Gasteiger charge is -2.32. The molecule has 0 spiro atoms. The minimum absolute atomic E-state index is 0.0647. The van der Waals surface area contributed by atoms with Crippen LogP contribution in [0.25, 0.3) is 10.9 Å². The number of piperidine rings is 1. The molecule has 0 amide bonds. The van der Waals surface area contributed by atoms with Crippen molar-refractivity contribution in [3.8, 4) is 0 Å². The van der Waals surface area contributed by atoms with Gasteiger partial charge in [-0.25, -0.2) is 17.8 Å². The Kier molecular flexibility index (Phi) is 4.95. The molecule has 1 aromatic heterocycles. The Labute approximate surface area is 166 Å². The highest BCUT2D eigenvalue weighted by atomic mass is 35.5. The van der Waals surface area contributed by atoms with Gasteiger partial charge in [-0.1, -0.05) is 23.7 Å². The SMILES string of the molecule is O=c1c2cccc(Cl)c2ncn1C1CCN(S(=O)(=O)c2cccc(F)c2)CC1. The highest BCUT2D eigenvalue weighted by Crippen LogP contribution is 2.27. The predicted molar refractivity (Wildman–Crippen MR) is 104 cm³/mol. The molecule has 1 aliphatic rings. The first kappa shape index (κ1) is 19.0. The van der Waals surface area contributed by atoms with Crippen molar-refractivity contribution in [2.24, 2.45) is 0 Å². The van der Waals surface area contributed by atoms with E-state index in [2.05, 4.69) is 4.98 Å². The van der Waals surface area contributed by atoms with Gasteiger partial charge in [-0.3, -0.25) is 9.36 Å². The third kappa shape index (κ3) is 3.32. The zero-order valence-electron chi connectivity index (χ0n) is 14.8. The fourth-order valence-electron chi connectivity index (χ4n) is 3.53. The molecule has 1 aliphatic heterocycles. The van der Waals surface area contributed by atoms with E-state index in [1.165, 1.54) is 28.8 Å². The van der Waals surface area contributed by atoms with Crippen molar-refractivity contribution in [2.75, 3.05) is 13.1 Å². The van der Waals surface area contributed by atoms with Crippen molar-refractivity contribution in [1.29, 1.82) is 0 Å². The van der Waals surface area contributed by atoms with Crippen molar-refractivity contribution < 1.29 is 12.8 Å². The Morgan fingerprint density at radius 1 is 1.11 bits per heavy atom. The second-order valence-corrected chi connectivity index (χ2v) is 9.03. The fraction of sp³-hybridized carbons (Fsp3) is 0.263. The number of hydrogen-bond acceptors (Lipinski definition) is 4. The van der Waals surface area contributed by atoms with E-state index in [0.717, 1.165) is 6.07 Å². The topological polar surface area (TPSA) is 72.3 Å². The van der Waals surface area contributed by atoms with E-state index in [9.17, 15) is 17.6 Å². The van der Waals surface area contributed by atoms with Gasteiger partial charge in [0.05, 0.1) is 27.1 Å². The third-order valence-electron chi connectivity index (χ3n) is 5.01. The molecule has 3 aromatic rings. The average molecular weight is 422 g/mol. The van der Waals surface area contributed by atoms with Gasteiger partial charge in [0, 0.05) is 19.1 Å². The van der Waals surface area contributed by atoms with E-state index in [-0.39, 0.29) is 29.6 Å². The molecule has 0 aliphatic carbocycles. The van der Waals surface area contributed by atoms with Crippen LogP contribution in [0.4, 0.5) is 4.39 Å². The smallest absolute Gasteiger partial charge is 0.261 e. The molecular formula is C19H17ClFN3O3S. The molecule has 146 valence electrons. The maximum atomic E-state index is 13.4. The maximum Gasteiger partial charge on any atom is 0.261 e. The Morgan fingerprint density at radius 3 is 2.54 bits per heavy atom. The molecule has 1 fully saturated rings. The summed E-state index contributed by atoms with van der Waals surface area (Å²) >= 11 is 6.10. The highest BCUT2D eigenvalue weighted by Gasteiger charge is 2.30. The Balaban J connectivity index is 1.57. The fourth-order valence-corrected chi connectivity index (χ4v) is 5.25. The Hall–Kier alpha value is -2.29. The highest BCUT2D eigenvalue weighted by molar-refractivity contribution is 7.89. The standard InChI is InChI=1S/C19H17ClFN3O3S/c20-17-6-2-5-16-18(17)22-12-24(19(16)25)14-7-9-23(10-8-14)28(26,27)15-4-1-3-13(21)11-15/h1-6,11-12,14H,7-10H2. The molecule has 0 radical (unpaired) electrons. The summed E-state index contributed by atoms with van der Waals surface area (Å²) < 4.78 is 41.7. The van der Waals surface area contributed by atoms with Crippen LogP contribution in [0.2, 0.25) is 5.02 Å². The second kappa shape index (κ2) is 7.27. The van der Waals surface area contributed by atoms with Crippen LogP contribution in [0.3, 0.4) is 0 Å². The van der Waals surface area contributed by atoms with Crippen molar-refractivity contribution in [2.45, 2.75) is 23.8 Å². The summed E-state index contributed by atoms with van der Waals surface area (Å²) in [7, 11) is -3.77. The summed E-state index contributed by atoms with van der Waals surface area (Å²) in [6.45, 7) is 0.479. The van der Waals surface area contributed by atoms with Gasteiger partial charge in [0.15, 0.2) is 0 Å². The van der Waals surface area contributed by atoms with Crippen LogP contribution in [0.5, 0.6) is 0 Å². The van der Waals surface area contributed by atoms with E-state index >= 15 is 0 Å². The number of hydrogen-bond donors (Lipinski definition) is 0. The second-order valence-electron chi connectivity index (χ2n) is 6.69. The number of para-hydroxylation sites is 1. The normalized spacial score (nSPS) is 16.5. The zero-order valence-corrected chi connectivity index (χ0v) is 16.3. The third-order valence-corrected chi connectivity index (χ3v) is 7.21. The number of benzene rings is 2. The van der Waals surface area contributed by atoms with Gasteiger partial charge in [0.2, 0.25) is 10.0 Å². The van der Waals surface area contributed by atoms with Gasteiger partial charge < -0.3 is 0 Å². The summed E-state index contributed by atoms with van der Waals surface area (Å²) in [5.74, 6) is -0.594. The number of fused-ring (bicyclic) bond motifs is 1. The Bertz CT molecular complexity index is 1200. The summed E-state index contributed by atoms with van der Waals surface area (Å²) in [4.78, 5) is 17.0. The largest absolute Gasteiger partial charge is 0.296 e. The van der Waals surface area contributed by atoms with Crippen LogP contribution >= 0.6 is 11.6 Å². The zero-order chi connectivity index (χ0) is 19.9. The van der Waals surface area contributed by atoms with E-state index in [1.807, 2.05) is 0 Å². The average Bonchev–Trinajstić information content (AvgIpc) is 2.69. The summed E-state index contributed by atoms with van der Waals surface area (Å²) in [5.41, 5.74) is 0.260. The number of aromatic nitrogens is 2. The molecule has 0 atom stereocenters. The summed E-state index contributed by atoms with van der Waals surface area (Å²) in [6, 6.07) is 9.87. The van der Waals surface area contributed by atoms with Gasteiger partial charge in [-0.15, -0.1) is 0 Å². The van der Waals surface area contributed by atoms with Crippen LogP contribution in [-0.2, 0) is 10.0 Å². The first-order chi connectivity index (χ1) is 13.4. The number of sulfonamides is 1. The van der Waals surface area contributed by atoms with Crippen molar-refractivity contribution >= 4 is 32.5 Å². The van der Waals surface area contributed by atoms with E-state index < -0.39 is 15.8 Å². The van der Waals surface area contributed by atoms with E-state index in [4.69, 9.17) is 11.6 Å². The molecule has 1 saturated heterocycles. The number of halogens is 2. The number of rotatable bonds is 3. The molecule has 9 heteroatoms. The molecule has 2 heterocycles. The lowest BCUT2D eigenvalue weighted by molar-refractivity contribution is 0.269. The maximum absolute atomic E-state index is 13.4.